The summed E-state index contributed by atoms with van der Waals surface area (Å²) in [5, 5.41) is 9.38. The number of amides is 1. The van der Waals surface area contributed by atoms with Gasteiger partial charge in [0.25, 0.3) is 0 Å². The maximum absolute atomic E-state index is 11.4. The summed E-state index contributed by atoms with van der Waals surface area (Å²) in [5.74, 6) is 0.871. The molecule has 138 valence electrons. The van der Waals surface area contributed by atoms with Crippen LogP contribution in [-0.4, -0.2) is 62.1 Å². The summed E-state index contributed by atoms with van der Waals surface area (Å²) in [6, 6.07) is 1.06. The molecule has 6 nitrogen and oxygen atoms in total. The lowest BCUT2D eigenvalue weighted by Gasteiger charge is -2.30. The van der Waals surface area contributed by atoms with Crippen LogP contribution in [0.5, 0.6) is 0 Å². The molecule has 0 aromatic heterocycles. The van der Waals surface area contributed by atoms with E-state index >= 15 is 0 Å². The zero-order chi connectivity index (χ0) is 17.1. The highest BCUT2D eigenvalue weighted by molar-refractivity contribution is 14.0. The quantitative estimate of drug-likeness (QED) is 0.220. The average molecular weight is 441 g/mol. The van der Waals surface area contributed by atoms with Crippen molar-refractivity contribution in [1.29, 1.82) is 0 Å². The van der Waals surface area contributed by atoms with Crippen molar-refractivity contribution in [2.24, 2.45) is 10.9 Å². The smallest absolute Gasteiger partial charge is 0.222 e. The third-order valence-corrected chi connectivity index (χ3v) is 3.45. The highest BCUT2D eigenvalue weighted by Crippen LogP contribution is 2.03. The van der Waals surface area contributed by atoms with Crippen LogP contribution in [0.4, 0.5) is 0 Å². The van der Waals surface area contributed by atoms with Crippen molar-refractivity contribution in [1.82, 2.24) is 20.9 Å². The van der Waals surface area contributed by atoms with Crippen molar-refractivity contribution in [3.05, 3.63) is 0 Å². The van der Waals surface area contributed by atoms with E-state index in [4.69, 9.17) is 0 Å². The first-order chi connectivity index (χ1) is 10.3. The minimum atomic E-state index is 0. The van der Waals surface area contributed by atoms with Gasteiger partial charge in [-0.25, -0.2) is 0 Å². The van der Waals surface area contributed by atoms with Gasteiger partial charge in [-0.05, 0) is 27.7 Å². The minimum Gasteiger partial charge on any atom is -0.355 e. The van der Waals surface area contributed by atoms with E-state index in [9.17, 15) is 4.79 Å². The van der Waals surface area contributed by atoms with Crippen molar-refractivity contribution in [3.8, 4) is 0 Å². The molecular weight excluding hydrogens is 405 g/mol. The first kappa shape index (κ1) is 24.7. The normalized spacial score (nSPS) is 11.9. The van der Waals surface area contributed by atoms with E-state index in [0.717, 1.165) is 19.0 Å². The number of hydrogen-bond donors (Lipinski definition) is 3. The third-order valence-electron chi connectivity index (χ3n) is 3.45. The number of nitrogens with zero attached hydrogens (tertiary/aromatic N) is 2. The summed E-state index contributed by atoms with van der Waals surface area (Å²) in [6.07, 6.45) is 0. The van der Waals surface area contributed by atoms with Gasteiger partial charge >= 0.3 is 0 Å². The van der Waals surface area contributed by atoms with Gasteiger partial charge in [-0.1, -0.05) is 13.8 Å². The lowest BCUT2D eigenvalue weighted by Crippen LogP contribution is -2.46. The maximum Gasteiger partial charge on any atom is 0.222 e. The van der Waals surface area contributed by atoms with Crippen LogP contribution in [0.2, 0.25) is 0 Å². The van der Waals surface area contributed by atoms with Gasteiger partial charge in [0.1, 0.15) is 0 Å². The fourth-order valence-electron chi connectivity index (χ4n) is 2.21. The number of guanidine groups is 1. The molecule has 0 aromatic carbocycles. The Morgan fingerprint density at radius 3 is 1.83 bits per heavy atom. The van der Waals surface area contributed by atoms with Gasteiger partial charge in [0, 0.05) is 51.2 Å². The molecule has 0 heterocycles. The van der Waals surface area contributed by atoms with Crippen molar-refractivity contribution in [3.63, 3.8) is 0 Å². The number of aliphatic imine (C=N–C) groups is 1. The second kappa shape index (κ2) is 13.8. The molecule has 0 saturated carbocycles. The monoisotopic (exact) mass is 441 g/mol. The van der Waals surface area contributed by atoms with Crippen LogP contribution in [0, 0.1) is 5.92 Å². The molecule has 0 aliphatic heterocycles. The Hall–Kier alpha value is -0.570. The van der Waals surface area contributed by atoms with Gasteiger partial charge in [-0.3, -0.25) is 14.7 Å². The van der Waals surface area contributed by atoms with Gasteiger partial charge in [-0.2, -0.15) is 0 Å². The van der Waals surface area contributed by atoms with E-state index in [2.05, 4.69) is 53.5 Å². The lowest BCUT2D eigenvalue weighted by atomic mass is 10.2. The highest BCUT2D eigenvalue weighted by atomic mass is 127. The molecule has 1 amide bonds. The summed E-state index contributed by atoms with van der Waals surface area (Å²) in [7, 11) is 1.75. The number of halogens is 1. The molecule has 0 aliphatic carbocycles. The summed E-state index contributed by atoms with van der Waals surface area (Å²) >= 11 is 0. The first-order valence-electron chi connectivity index (χ1n) is 8.27. The Labute approximate surface area is 159 Å². The molecule has 0 spiro atoms. The molecule has 3 N–H and O–H groups in total. The van der Waals surface area contributed by atoms with Gasteiger partial charge in [0.2, 0.25) is 5.91 Å². The Kier molecular flexibility index (Phi) is 14.8. The van der Waals surface area contributed by atoms with Gasteiger partial charge < -0.3 is 16.0 Å². The largest absolute Gasteiger partial charge is 0.355 e. The molecule has 0 bridgehead atoms. The number of carbonyl (C=O) groups is 1. The summed E-state index contributed by atoms with van der Waals surface area (Å²) in [5.41, 5.74) is 0. The van der Waals surface area contributed by atoms with Crippen LogP contribution in [0.15, 0.2) is 4.99 Å². The van der Waals surface area contributed by atoms with Crippen LogP contribution >= 0.6 is 24.0 Å². The van der Waals surface area contributed by atoms with Gasteiger partial charge in [-0.15, -0.1) is 24.0 Å². The molecule has 0 fully saturated rings. The average Bonchev–Trinajstić information content (AvgIpc) is 2.44. The SMILES string of the molecule is CN=C(NCCNC(=O)C(C)C)NCCN(C(C)C)C(C)C.I. The predicted octanol–water partition coefficient (Wildman–Crippen LogP) is 1.66. The summed E-state index contributed by atoms with van der Waals surface area (Å²) in [6.45, 7) is 15.7. The van der Waals surface area contributed by atoms with Crippen LogP contribution in [-0.2, 0) is 4.79 Å². The number of carbonyl (C=O) groups excluding carboxylic acids is 1. The Bertz CT molecular complexity index is 337. The molecule has 7 heteroatoms. The summed E-state index contributed by atoms with van der Waals surface area (Å²) in [4.78, 5) is 18.1. The zero-order valence-corrected chi connectivity index (χ0v) is 18.1. The molecular formula is C16H36IN5O. The zero-order valence-electron chi connectivity index (χ0n) is 15.8. The molecule has 23 heavy (non-hydrogen) atoms. The molecule has 0 radical (unpaired) electrons. The van der Waals surface area contributed by atoms with Gasteiger partial charge in [0.15, 0.2) is 5.96 Å². The fourth-order valence-corrected chi connectivity index (χ4v) is 2.21. The van der Waals surface area contributed by atoms with Crippen LogP contribution in [0.25, 0.3) is 0 Å². The highest BCUT2D eigenvalue weighted by Gasteiger charge is 2.12. The molecule has 0 aromatic rings. The van der Waals surface area contributed by atoms with Crippen LogP contribution < -0.4 is 16.0 Å². The first-order valence-corrected chi connectivity index (χ1v) is 8.27. The van der Waals surface area contributed by atoms with Gasteiger partial charge in [0.05, 0.1) is 0 Å². The Morgan fingerprint density at radius 1 is 0.913 bits per heavy atom. The molecule has 0 unspecified atom stereocenters. The van der Waals surface area contributed by atoms with E-state index in [-0.39, 0.29) is 35.8 Å². The number of hydrogen-bond acceptors (Lipinski definition) is 3. The van der Waals surface area contributed by atoms with E-state index in [1.54, 1.807) is 7.05 Å². The van der Waals surface area contributed by atoms with E-state index in [1.165, 1.54) is 0 Å². The fraction of sp³-hybridized carbons (Fsp3) is 0.875. The molecule has 0 atom stereocenters. The van der Waals surface area contributed by atoms with E-state index in [0.29, 0.717) is 25.2 Å². The maximum atomic E-state index is 11.4. The van der Waals surface area contributed by atoms with Crippen LogP contribution in [0.1, 0.15) is 41.5 Å². The Balaban J connectivity index is 0. The lowest BCUT2D eigenvalue weighted by molar-refractivity contribution is -0.123. The Morgan fingerprint density at radius 2 is 1.39 bits per heavy atom. The number of nitrogens with one attached hydrogen (secondary N) is 3. The second-order valence-electron chi connectivity index (χ2n) is 6.30. The van der Waals surface area contributed by atoms with E-state index in [1.807, 2.05) is 13.8 Å². The summed E-state index contributed by atoms with van der Waals surface area (Å²) < 4.78 is 0. The van der Waals surface area contributed by atoms with E-state index < -0.39 is 0 Å². The number of rotatable bonds is 9. The second-order valence-corrected chi connectivity index (χ2v) is 6.30. The van der Waals surface area contributed by atoms with Crippen molar-refractivity contribution in [2.75, 3.05) is 33.2 Å². The molecule has 0 saturated heterocycles. The topological polar surface area (TPSA) is 68.8 Å². The van der Waals surface area contributed by atoms with Crippen molar-refractivity contribution in [2.45, 2.75) is 53.6 Å². The molecule has 0 rings (SSSR count). The van der Waals surface area contributed by atoms with Crippen molar-refractivity contribution < 1.29 is 4.79 Å². The standard InChI is InChI=1S/C16H35N5O.HI/c1-12(2)15(22)18-8-9-19-16(17-7)20-10-11-21(13(3)4)14(5)6;/h12-14H,8-11H2,1-7H3,(H,18,22)(H2,17,19,20);1H. The third kappa shape index (κ3) is 11.6. The predicted molar refractivity (Wildman–Crippen MR) is 110 cm³/mol. The van der Waals surface area contributed by atoms with Crippen molar-refractivity contribution >= 4 is 35.8 Å². The molecule has 0 aliphatic rings. The minimum absolute atomic E-state index is 0. The van der Waals surface area contributed by atoms with Crippen LogP contribution in [0.3, 0.4) is 0 Å².